The van der Waals surface area contributed by atoms with Crippen molar-refractivity contribution in [2.45, 2.75) is 31.6 Å². The van der Waals surface area contributed by atoms with Gasteiger partial charge in [-0.1, -0.05) is 12.2 Å². The summed E-state index contributed by atoms with van der Waals surface area (Å²) in [5, 5.41) is -0.672. The molecule has 2 atom stereocenters. The van der Waals surface area contributed by atoms with Crippen LogP contribution >= 0.6 is 11.6 Å². The van der Waals surface area contributed by atoms with Crippen LogP contribution in [0.4, 0.5) is 0 Å². The minimum Gasteiger partial charge on any atom is -0.462 e. The van der Waals surface area contributed by atoms with Crippen LogP contribution in [0.1, 0.15) is 26.2 Å². The molecule has 2 unspecified atom stereocenters. The summed E-state index contributed by atoms with van der Waals surface area (Å²) in [6.45, 7) is 1.68. The van der Waals surface area contributed by atoms with E-state index in [-0.39, 0.29) is 25.1 Å². The number of halogens is 1. The van der Waals surface area contributed by atoms with E-state index in [1.807, 2.05) is 6.08 Å². The van der Waals surface area contributed by atoms with Crippen LogP contribution in [0.3, 0.4) is 0 Å². The Kier molecular flexibility index (Phi) is 6.05. The summed E-state index contributed by atoms with van der Waals surface area (Å²) < 4.78 is 9.80. The molecular weight excluding hydrogens is 244 g/mol. The molecule has 96 valence electrons. The number of ether oxygens (including phenoxy) is 2. The zero-order valence-electron chi connectivity index (χ0n) is 9.86. The van der Waals surface area contributed by atoms with Crippen molar-refractivity contribution in [3.05, 3.63) is 12.2 Å². The highest BCUT2D eigenvalue weighted by molar-refractivity contribution is 6.29. The van der Waals surface area contributed by atoms with Gasteiger partial charge in [0.2, 0.25) is 0 Å². The van der Waals surface area contributed by atoms with E-state index in [4.69, 9.17) is 21.1 Å². The van der Waals surface area contributed by atoms with Crippen molar-refractivity contribution < 1.29 is 19.1 Å². The lowest BCUT2D eigenvalue weighted by atomic mass is 9.95. The summed E-state index contributed by atoms with van der Waals surface area (Å²) in [7, 11) is 0. The molecule has 0 bridgehead atoms. The fraction of sp³-hybridized carbons (Fsp3) is 0.667. The Morgan fingerprint density at radius 2 is 2.06 bits per heavy atom. The van der Waals surface area contributed by atoms with Gasteiger partial charge in [-0.2, -0.15) is 0 Å². The Hall–Kier alpha value is -1.03. The second-order valence-electron chi connectivity index (χ2n) is 3.93. The maximum absolute atomic E-state index is 11.6. The molecule has 0 aromatic carbocycles. The van der Waals surface area contributed by atoms with Gasteiger partial charge in [0.1, 0.15) is 18.6 Å². The van der Waals surface area contributed by atoms with Crippen molar-refractivity contribution in [3.63, 3.8) is 0 Å². The molecule has 0 amide bonds. The molecule has 0 N–H and O–H groups in total. The lowest BCUT2D eigenvalue weighted by Gasteiger charge is -2.16. The maximum atomic E-state index is 11.6. The van der Waals surface area contributed by atoms with Gasteiger partial charge < -0.3 is 9.47 Å². The number of rotatable bonds is 5. The number of alkyl halides is 1. The second-order valence-corrected chi connectivity index (χ2v) is 4.59. The van der Waals surface area contributed by atoms with Crippen molar-refractivity contribution in [1.82, 2.24) is 0 Å². The Labute approximate surface area is 106 Å². The highest BCUT2D eigenvalue weighted by Gasteiger charge is 2.20. The summed E-state index contributed by atoms with van der Waals surface area (Å²) >= 11 is 5.50. The Bertz CT molecular complexity index is 299. The molecule has 1 aliphatic carbocycles. The van der Waals surface area contributed by atoms with Crippen molar-refractivity contribution in [1.29, 1.82) is 0 Å². The molecule has 4 nitrogen and oxygen atoms in total. The summed E-state index contributed by atoms with van der Waals surface area (Å²) in [5.74, 6) is -0.768. The van der Waals surface area contributed by atoms with Gasteiger partial charge in [-0.15, -0.1) is 11.6 Å². The van der Waals surface area contributed by atoms with Gasteiger partial charge in [-0.25, -0.2) is 0 Å². The SMILES string of the molecule is CC(Cl)C(=O)OCCOC(=O)C1CC=CCC1. The quantitative estimate of drug-likeness (QED) is 0.329. The van der Waals surface area contributed by atoms with Crippen molar-refractivity contribution in [3.8, 4) is 0 Å². The van der Waals surface area contributed by atoms with Crippen LogP contribution in [0, 0.1) is 5.92 Å². The number of carbonyl (C=O) groups excluding carboxylic acids is 2. The van der Waals surface area contributed by atoms with E-state index in [0.717, 1.165) is 19.3 Å². The first-order chi connectivity index (χ1) is 8.11. The number of carbonyl (C=O) groups is 2. The first-order valence-electron chi connectivity index (χ1n) is 5.73. The van der Waals surface area contributed by atoms with Crippen LogP contribution in [0.15, 0.2) is 12.2 Å². The average molecular weight is 261 g/mol. The minimum absolute atomic E-state index is 0.0531. The van der Waals surface area contributed by atoms with E-state index in [2.05, 4.69) is 6.08 Å². The van der Waals surface area contributed by atoms with E-state index in [1.54, 1.807) is 0 Å². The minimum atomic E-state index is -0.672. The Morgan fingerprint density at radius 3 is 2.65 bits per heavy atom. The van der Waals surface area contributed by atoms with Crippen LogP contribution in [0.25, 0.3) is 0 Å². The fourth-order valence-corrected chi connectivity index (χ4v) is 1.59. The van der Waals surface area contributed by atoms with Crippen LogP contribution in [0.2, 0.25) is 0 Å². The van der Waals surface area contributed by atoms with Crippen LogP contribution < -0.4 is 0 Å². The first-order valence-corrected chi connectivity index (χ1v) is 6.17. The predicted octanol–water partition coefficient (Wildman–Crippen LogP) is 2.06. The third kappa shape index (κ3) is 5.22. The molecule has 0 heterocycles. The van der Waals surface area contributed by atoms with E-state index in [9.17, 15) is 9.59 Å². The molecule has 0 radical (unpaired) electrons. The first kappa shape index (κ1) is 14.0. The molecule has 0 aromatic rings. The number of allylic oxidation sites excluding steroid dienone is 2. The third-order valence-electron chi connectivity index (χ3n) is 2.50. The van der Waals surface area contributed by atoms with E-state index in [1.165, 1.54) is 6.92 Å². The molecule has 0 saturated heterocycles. The Balaban J connectivity index is 2.12. The highest BCUT2D eigenvalue weighted by atomic mass is 35.5. The monoisotopic (exact) mass is 260 g/mol. The largest absolute Gasteiger partial charge is 0.462 e. The lowest BCUT2D eigenvalue weighted by molar-refractivity contribution is -0.155. The van der Waals surface area contributed by atoms with Gasteiger partial charge >= 0.3 is 11.9 Å². The third-order valence-corrected chi connectivity index (χ3v) is 2.68. The van der Waals surface area contributed by atoms with E-state index in [0.29, 0.717) is 0 Å². The topological polar surface area (TPSA) is 52.6 Å². The van der Waals surface area contributed by atoms with E-state index < -0.39 is 11.3 Å². The van der Waals surface area contributed by atoms with Gasteiger partial charge in [-0.05, 0) is 26.2 Å². The molecule has 0 spiro atoms. The van der Waals surface area contributed by atoms with Crippen molar-refractivity contribution >= 4 is 23.5 Å². The summed E-state index contributed by atoms with van der Waals surface area (Å²) in [5.41, 5.74) is 0. The zero-order chi connectivity index (χ0) is 12.7. The molecule has 0 saturated carbocycles. The number of esters is 2. The van der Waals surface area contributed by atoms with Gasteiger partial charge in [-0.3, -0.25) is 9.59 Å². The number of hydrogen-bond donors (Lipinski definition) is 0. The predicted molar refractivity (Wildman–Crippen MR) is 63.7 cm³/mol. The van der Waals surface area contributed by atoms with Crippen molar-refractivity contribution in [2.24, 2.45) is 5.92 Å². The van der Waals surface area contributed by atoms with Crippen LogP contribution in [0.5, 0.6) is 0 Å². The van der Waals surface area contributed by atoms with Gasteiger partial charge in [0.25, 0.3) is 0 Å². The molecule has 0 aromatic heterocycles. The summed E-state index contributed by atoms with van der Waals surface area (Å²) in [4.78, 5) is 22.5. The summed E-state index contributed by atoms with van der Waals surface area (Å²) in [6.07, 6.45) is 6.53. The molecule has 1 aliphatic rings. The smallest absolute Gasteiger partial charge is 0.323 e. The van der Waals surface area contributed by atoms with Crippen molar-refractivity contribution in [2.75, 3.05) is 13.2 Å². The highest BCUT2D eigenvalue weighted by Crippen LogP contribution is 2.19. The second kappa shape index (κ2) is 7.33. The zero-order valence-corrected chi connectivity index (χ0v) is 10.6. The standard InChI is InChI=1S/C12H17ClO4/c1-9(13)11(14)16-7-8-17-12(15)10-5-3-2-4-6-10/h2-3,9-10H,4-8H2,1H3. The Morgan fingerprint density at radius 1 is 1.35 bits per heavy atom. The molecule has 5 heteroatoms. The van der Waals surface area contributed by atoms with Gasteiger partial charge in [0.15, 0.2) is 0 Å². The number of hydrogen-bond acceptors (Lipinski definition) is 4. The molecule has 17 heavy (non-hydrogen) atoms. The fourth-order valence-electron chi connectivity index (χ4n) is 1.52. The van der Waals surface area contributed by atoms with Crippen LogP contribution in [-0.2, 0) is 19.1 Å². The van der Waals surface area contributed by atoms with Gasteiger partial charge in [0, 0.05) is 0 Å². The molecule has 0 fully saturated rings. The van der Waals surface area contributed by atoms with Crippen LogP contribution in [-0.4, -0.2) is 30.5 Å². The van der Waals surface area contributed by atoms with Gasteiger partial charge in [0.05, 0.1) is 5.92 Å². The molecule has 0 aliphatic heterocycles. The average Bonchev–Trinajstić information content (AvgIpc) is 2.35. The normalized spacial score (nSPS) is 20.7. The molecule has 1 rings (SSSR count). The van der Waals surface area contributed by atoms with E-state index >= 15 is 0 Å². The maximum Gasteiger partial charge on any atom is 0.323 e. The molecular formula is C12H17ClO4. The lowest BCUT2D eigenvalue weighted by Crippen LogP contribution is -2.22. The summed E-state index contributed by atoms with van der Waals surface area (Å²) in [6, 6.07) is 0.